The second-order valence-electron chi connectivity index (χ2n) is 7.68. The molecular weight excluding hydrogens is 388 g/mol. The monoisotopic (exact) mass is 418 g/mol. The molecule has 2 heterocycles. The van der Waals surface area contributed by atoms with Gasteiger partial charge in [-0.25, -0.2) is 4.99 Å². The molecule has 1 unspecified atom stereocenters. The van der Waals surface area contributed by atoms with Crippen LogP contribution in [0.1, 0.15) is 17.7 Å². The van der Waals surface area contributed by atoms with Crippen LogP contribution in [0.4, 0.5) is 5.69 Å². The molecule has 2 N–H and O–H groups in total. The van der Waals surface area contributed by atoms with E-state index in [9.17, 15) is 0 Å². The minimum atomic E-state index is 0.353. The first-order valence-electron chi connectivity index (χ1n) is 10.8. The van der Waals surface area contributed by atoms with Gasteiger partial charge in [-0.05, 0) is 48.4 Å². The Bertz CT molecular complexity index is 939. The molecule has 1 fully saturated rings. The third-order valence-corrected chi connectivity index (χ3v) is 5.47. The van der Waals surface area contributed by atoms with Gasteiger partial charge < -0.3 is 24.7 Å². The molecular formula is C25H30N4O2. The fourth-order valence-corrected chi connectivity index (χ4v) is 3.76. The maximum Gasteiger partial charge on any atom is 0.191 e. The van der Waals surface area contributed by atoms with Gasteiger partial charge in [0.25, 0.3) is 0 Å². The Kier molecular flexibility index (Phi) is 7.11. The zero-order chi connectivity index (χ0) is 21.3. The number of ether oxygens (including phenoxy) is 1. The van der Waals surface area contributed by atoms with Gasteiger partial charge in [-0.15, -0.1) is 0 Å². The van der Waals surface area contributed by atoms with Crippen LogP contribution in [0.25, 0.3) is 0 Å². The lowest BCUT2D eigenvalue weighted by Gasteiger charge is -2.20. The van der Waals surface area contributed by atoms with E-state index in [0.29, 0.717) is 12.6 Å². The summed E-state index contributed by atoms with van der Waals surface area (Å²) in [5.41, 5.74) is 2.42. The number of nitrogens with zero attached hydrogens (tertiary/aromatic N) is 2. The molecule has 0 spiro atoms. The van der Waals surface area contributed by atoms with E-state index in [2.05, 4.69) is 58.0 Å². The van der Waals surface area contributed by atoms with Crippen LogP contribution >= 0.6 is 0 Å². The summed E-state index contributed by atoms with van der Waals surface area (Å²) in [6.07, 6.45) is 3.61. The number of benzene rings is 2. The van der Waals surface area contributed by atoms with Gasteiger partial charge in [0.15, 0.2) is 5.96 Å². The third kappa shape index (κ3) is 6.04. The van der Waals surface area contributed by atoms with Crippen molar-refractivity contribution in [2.24, 2.45) is 4.99 Å². The molecule has 6 nitrogen and oxygen atoms in total. The lowest BCUT2D eigenvalue weighted by atomic mass is 10.2. The Morgan fingerprint density at radius 1 is 1.10 bits per heavy atom. The summed E-state index contributed by atoms with van der Waals surface area (Å²) in [7, 11) is 1.68. The highest BCUT2D eigenvalue weighted by molar-refractivity contribution is 5.80. The first-order chi connectivity index (χ1) is 15.3. The van der Waals surface area contributed by atoms with Gasteiger partial charge >= 0.3 is 0 Å². The van der Waals surface area contributed by atoms with E-state index in [4.69, 9.17) is 14.1 Å². The molecule has 2 aromatic carbocycles. The lowest BCUT2D eigenvalue weighted by molar-refractivity contribution is 0.414. The fourth-order valence-electron chi connectivity index (χ4n) is 3.76. The van der Waals surface area contributed by atoms with Gasteiger partial charge in [0, 0.05) is 37.8 Å². The molecule has 31 heavy (non-hydrogen) atoms. The van der Waals surface area contributed by atoms with Gasteiger partial charge in [0.05, 0.1) is 19.9 Å². The maximum absolute atomic E-state index is 5.44. The molecule has 0 amide bonds. The molecule has 0 aliphatic carbocycles. The number of aliphatic imine (C=N–C) groups is 1. The Labute approximate surface area is 183 Å². The maximum atomic E-state index is 5.44. The molecule has 0 bridgehead atoms. The summed E-state index contributed by atoms with van der Waals surface area (Å²) >= 11 is 0. The highest BCUT2D eigenvalue weighted by Crippen LogP contribution is 2.19. The SMILES string of the molecule is COc1ccc(CN=C(NCCc2ccco2)NC2CCN(c3ccccc3)C2)cc1. The number of methoxy groups -OCH3 is 1. The number of guanidine groups is 1. The first kappa shape index (κ1) is 20.8. The Hall–Kier alpha value is -3.41. The van der Waals surface area contributed by atoms with Crippen LogP contribution in [0.2, 0.25) is 0 Å². The third-order valence-electron chi connectivity index (χ3n) is 5.47. The molecule has 1 saturated heterocycles. The molecule has 4 rings (SSSR count). The van der Waals surface area contributed by atoms with Gasteiger partial charge in [0.1, 0.15) is 11.5 Å². The standard InChI is InChI=1S/C25H30N4O2/c1-30-23-11-9-20(10-12-23)18-27-25(26-15-13-24-8-5-17-31-24)28-21-14-16-29(19-21)22-6-3-2-4-7-22/h2-12,17,21H,13-16,18-19H2,1H3,(H2,26,27,28). The summed E-state index contributed by atoms with van der Waals surface area (Å²) in [5, 5.41) is 7.10. The highest BCUT2D eigenvalue weighted by atomic mass is 16.5. The summed E-state index contributed by atoms with van der Waals surface area (Å²) in [6, 6.07) is 22.9. The van der Waals surface area contributed by atoms with Crippen molar-refractivity contribution in [3.8, 4) is 5.75 Å². The zero-order valence-corrected chi connectivity index (χ0v) is 18.0. The summed E-state index contributed by atoms with van der Waals surface area (Å²) in [6.45, 7) is 3.37. The average molecular weight is 419 g/mol. The smallest absolute Gasteiger partial charge is 0.191 e. The van der Waals surface area contributed by atoms with Gasteiger partial charge in [-0.2, -0.15) is 0 Å². The van der Waals surface area contributed by atoms with E-state index in [1.165, 1.54) is 5.69 Å². The Balaban J connectivity index is 1.37. The largest absolute Gasteiger partial charge is 0.497 e. The van der Waals surface area contributed by atoms with E-state index in [-0.39, 0.29) is 0 Å². The van der Waals surface area contributed by atoms with Crippen molar-refractivity contribution in [3.63, 3.8) is 0 Å². The summed E-state index contributed by atoms with van der Waals surface area (Å²) < 4.78 is 10.7. The number of hydrogen-bond acceptors (Lipinski definition) is 4. The number of rotatable bonds is 8. The topological polar surface area (TPSA) is 62.0 Å². The molecule has 0 radical (unpaired) electrons. The van der Waals surface area contributed by atoms with Crippen molar-refractivity contribution < 1.29 is 9.15 Å². The van der Waals surface area contributed by atoms with Crippen LogP contribution in [0.3, 0.4) is 0 Å². The number of nitrogens with one attached hydrogen (secondary N) is 2. The second kappa shape index (κ2) is 10.6. The number of hydrogen-bond donors (Lipinski definition) is 2. The van der Waals surface area contributed by atoms with Crippen LogP contribution in [-0.4, -0.2) is 38.7 Å². The minimum absolute atomic E-state index is 0.353. The van der Waals surface area contributed by atoms with Crippen molar-refractivity contribution in [2.75, 3.05) is 31.6 Å². The average Bonchev–Trinajstić information content (AvgIpc) is 3.51. The molecule has 1 aromatic heterocycles. The number of para-hydroxylation sites is 1. The minimum Gasteiger partial charge on any atom is -0.497 e. The van der Waals surface area contributed by atoms with Crippen molar-refractivity contribution in [3.05, 3.63) is 84.3 Å². The van der Waals surface area contributed by atoms with Crippen molar-refractivity contribution in [2.45, 2.75) is 25.4 Å². The number of anilines is 1. The van der Waals surface area contributed by atoms with Crippen LogP contribution in [0.5, 0.6) is 5.75 Å². The van der Waals surface area contributed by atoms with Crippen LogP contribution in [0.15, 0.2) is 82.4 Å². The van der Waals surface area contributed by atoms with Crippen molar-refractivity contribution in [1.29, 1.82) is 0 Å². The molecule has 1 atom stereocenters. The van der Waals surface area contributed by atoms with E-state index in [0.717, 1.165) is 55.5 Å². The Morgan fingerprint density at radius 3 is 2.68 bits per heavy atom. The predicted octanol–water partition coefficient (Wildman–Crippen LogP) is 3.85. The second-order valence-corrected chi connectivity index (χ2v) is 7.68. The Morgan fingerprint density at radius 2 is 1.94 bits per heavy atom. The highest BCUT2D eigenvalue weighted by Gasteiger charge is 2.23. The normalized spacial score (nSPS) is 16.4. The predicted molar refractivity (Wildman–Crippen MR) is 125 cm³/mol. The van der Waals surface area contributed by atoms with E-state index < -0.39 is 0 Å². The lowest BCUT2D eigenvalue weighted by Crippen LogP contribution is -2.45. The van der Waals surface area contributed by atoms with E-state index in [1.807, 2.05) is 24.3 Å². The zero-order valence-electron chi connectivity index (χ0n) is 18.0. The van der Waals surface area contributed by atoms with Crippen LogP contribution in [0, 0.1) is 0 Å². The molecule has 0 saturated carbocycles. The van der Waals surface area contributed by atoms with Crippen molar-refractivity contribution in [1.82, 2.24) is 10.6 Å². The van der Waals surface area contributed by atoms with Gasteiger partial charge in [0.2, 0.25) is 0 Å². The van der Waals surface area contributed by atoms with Crippen molar-refractivity contribution >= 4 is 11.6 Å². The van der Waals surface area contributed by atoms with Gasteiger partial charge in [-0.3, -0.25) is 0 Å². The number of furan rings is 1. The molecule has 6 heteroatoms. The molecule has 1 aliphatic heterocycles. The van der Waals surface area contributed by atoms with Gasteiger partial charge in [-0.1, -0.05) is 30.3 Å². The molecule has 3 aromatic rings. The van der Waals surface area contributed by atoms with Crippen LogP contribution < -0.4 is 20.3 Å². The first-order valence-corrected chi connectivity index (χ1v) is 10.8. The summed E-state index contributed by atoms with van der Waals surface area (Å²) in [5.74, 6) is 2.66. The fraction of sp³-hybridized carbons (Fsp3) is 0.320. The van der Waals surface area contributed by atoms with E-state index in [1.54, 1.807) is 13.4 Å². The van der Waals surface area contributed by atoms with E-state index >= 15 is 0 Å². The van der Waals surface area contributed by atoms with Crippen LogP contribution in [-0.2, 0) is 13.0 Å². The molecule has 1 aliphatic rings. The quantitative estimate of drug-likeness (QED) is 0.430. The molecule has 162 valence electrons. The summed E-state index contributed by atoms with van der Waals surface area (Å²) in [4.78, 5) is 7.25.